The van der Waals surface area contributed by atoms with Gasteiger partial charge in [0.1, 0.15) is 0 Å². The Labute approximate surface area is 144 Å². The third kappa shape index (κ3) is 5.44. The molecule has 0 spiro atoms. The molecular formula is C18H30N4O2. The van der Waals surface area contributed by atoms with Gasteiger partial charge in [-0.1, -0.05) is 13.8 Å². The largest absolute Gasteiger partial charge is 0.481 e. The lowest BCUT2D eigenvalue weighted by molar-refractivity contribution is -0.139. The molecule has 134 valence electrons. The van der Waals surface area contributed by atoms with Gasteiger partial charge in [0.2, 0.25) is 0 Å². The quantitative estimate of drug-likeness (QED) is 0.826. The van der Waals surface area contributed by atoms with Crippen LogP contribution in [0.1, 0.15) is 45.2 Å². The van der Waals surface area contributed by atoms with Crippen LogP contribution < -0.4 is 4.90 Å². The minimum atomic E-state index is -0.709. The van der Waals surface area contributed by atoms with Crippen LogP contribution in [0, 0.1) is 12.3 Å². The predicted molar refractivity (Wildman–Crippen MR) is 95.3 cm³/mol. The second-order valence-corrected chi connectivity index (χ2v) is 7.70. The van der Waals surface area contributed by atoms with Gasteiger partial charge in [0.05, 0.1) is 12.1 Å². The summed E-state index contributed by atoms with van der Waals surface area (Å²) in [6.45, 7) is 9.10. The van der Waals surface area contributed by atoms with Crippen LogP contribution >= 0.6 is 0 Å². The molecule has 1 aliphatic heterocycles. The summed E-state index contributed by atoms with van der Waals surface area (Å²) in [7, 11) is 2.09. The lowest BCUT2D eigenvalue weighted by atomic mass is 9.85. The zero-order chi connectivity index (χ0) is 17.7. The summed E-state index contributed by atoms with van der Waals surface area (Å²) in [5.41, 5.74) is 0.794. The standard InChI is InChI=1S/C18H30N4O2/c1-14-5-6-16(20-19-14)21(4)15-7-10-22(11-8-15)12-9-18(2,3)13-17(23)24/h5-6,15H,7-13H2,1-4H3,(H,23,24). The third-order valence-electron chi connectivity index (χ3n) is 4.98. The van der Waals surface area contributed by atoms with Crippen molar-refractivity contribution in [1.29, 1.82) is 0 Å². The Bertz CT molecular complexity index is 536. The van der Waals surface area contributed by atoms with Crippen LogP contribution in [0.4, 0.5) is 5.82 Å². The first-order chi connectivity index (χ1) is 11.3. The lowest BCUT2D eigenvalue weighted by Crippen LogP contribution is -2.44. The van der Waals surface area contributed by atoms with Gasteiger partial charge in [0.25, 0.3) is 0 Å². The first-order valence-electron chi connectivity index (χ1n) is 8.74. The highest BCUT2D eigenvalue weighted by Crippen LogP contribution is 2.27. The summed E-state index contributed by atoms with van der Waals surface area (Å²) in [5.74, 6) is 0.223. The highest BCUT2D eigenvalue weighted by atomic mass is 16.4. The van der Waals surface area contributed by atoms with Crippen molar-refractivity contribution >= 4 is 11.8 Å². The summed E-state index contributed by atoms with van der Waals surface area (Å²) in [6, 6.07) is 4.52. The Balaban J connectivity index is 1.78. The molecule has 24 heavy (non-hydrogen) atoms. The number of rotatable bonds is 7. The Morgan fingerprint density at radius 2 is 2.00 bits per heavy atom. The first-order valence-corrected chi connectivity index (χ1v) is 8.74. The fourth-order valence-corrected chi connectivity index (χ4v) is 3.26. The Hall–Kier alpha value is -1.69. The first kappa shape index (κ1) is 18.6. The van der Waals surface area contributed by atoms with Gasteiger partial charge in [-0.25, -0.2) is 0 Å². The normalized spacial score (nSPS) is 17.0. The van der Waals surface area contributed by atoms with E-state index in [0.717, 1.165) is 50.4 Å². The van der Waals surface area contributed by atoms with E-state index in [2.05, 4.69) is 27.0 Å². The van der Waals surface area contributed by atoms with Crippen LogP contribution in [-0.4, -0.2) is 58.9 Å². The van der Waals surface area contributed by atoms with E-state index in [-0.39, 0.29) is 11.8 Å². The molecule has 0 radical (unpaired) electrons. The number of likely N-dealkylation sites (tertiary alicyclic amines) is 1. The number of carboxylic acid groups (broad SMARTS) is 1. The molecule has 1 aromatic heterocycles. The Morgan fingerprint density at radius 3 is 2.54 bits per heavy atom. The number of hydrogen-bond donors (Lipinski definition) is 1. The number of anilines is 1. The molecule has 0 atom stereocenters. The van der Waals surface area contributed by atoms with Crippen molar-refractivity contribution in [3.63, 3.8) is 0 Å². The number of aromatic nitrogens is 2. The minimum Gasteiger partial charge on any atom is -0.481 e. The molecule has 0 aromatic carbocycles. The molecule has 1 aliphatic rings. The molecule has 1 fully saturated rings. The van der Waals surface area contributed by atoms with Crippen molar-refractivity contribution in [3.05, 3.63) is 17.8 Å². The van der Waals surface area contributed by atoms with Gasteiger partial charge in [-0.2, -0.15) is 5.10 Å². The maximum absolute atomic E-state index is 10.9. The monoisotopic (exact) mass is 334 g/mol. The molecule has 2 heterocycles. The lowest BCUT2D eigenvalue weighted by Gasteiger charge is -2.38. The molecule has 1 N–H and O–H groups in total. The number of carboxylic acids is 1. The molecule has 2 rings (SSSR count). The average Bonchev–Trinajstić information content (AvgIpc) is 2.52. The van der Waals surface area contributed by atoms with Crippen molar-refractivity contribution < 1.29 is 9.90 Å². The van der Waals surface area contributed by atoms with E-state index in [4.69, 9.17) is 5.11 Å². The van der Waals surface area contributed by atoms with Crippen molar-refractivity contribution in [2.24, 2.45) is 5.41 Å². The molecule has 0 aliphatic carbocycles. The minimum absolute atomic E-state index is 0.142. The van der Waals surface area contributed by atoms with Crippen LogP contribution in [0.2, 0.25) is 0 Å². The second kappa shape index (κ2) is 7.92. The van der Waals surface area contributed by atoms with Gasteiger partial charge < -0.3 is 14.9 Å². The van der Waals surface area contributed by atoms with E-state index in [1.165, 1.54) is 0 Å². The summed E-state index contributed by atoms with van der Waals surface area (Å²) in [4.78, 5) is 15.6. The molecule has 6 heteroatoms. The highest BCUT2D eigenvalue weighted by Gasteiger charge is 2.26. The van der Waals surface area contributed by atoms with Crippen LogP contribution in [-0.2, 0) is 4.79 Å². The fraction of sp³-hybridized carbons (Fsp3) is 0.722. The molecule has 6 nitrogen and oxygen atoms in total. The Kier molecular flexibility index (Phi) is 6.15. The molecule has 0 unspecified atom stereocenters. The molecule has 0 saturated carbocycles. The maximum Gasteiger partial charge on any atom is 0.303 e. The van der Waals surface area contributed by atoms with Crippen LogP contribution in [0.3, 0.4) is 0 Å². The molecule has 1 aromatic rings. The van der Waals surface area contributed by atoms with Crippen molar-refractivity contribution in [2.45, 2.75) is 52.5 Å². The number of carbonyl (C=O) groups is 1. The molecule has 0 bridgehead atoms. The zero-order valence-electron chi connectivity index (χ0n) is 15.3. The van der Waals surface area contributed by atoms with Gasteiger partial charge in [-0.3, -0.25) is 4.79 Å². The summed E-state index contributed by atoms with van der Waals surface area (Å²) >= 11 is 0. The number of aryl methyl sites for hydroxylation is 1. The third-order valence-corrected chi connectivity index (χ3v) is 4.98. The number of nitrogens with zero attached hydrogens (tertiary/aromatic N) is 4. The van der Waals surface area contributed by atoms with Gasteiger partial charge >= 0.3 is 5.97 Å². The van der Waals surface area contributed by atoms with Gasteiger partial charge in [-0.05, 0) is 50.3 Å². The summed E-state index contributed by atoms with van der Waals surface area (Å²) in [5, 5.41) is 17.4. The summed E-state index contributed by atoms with van der Waals surface area (Å²) < 4.78 is 0. The van der Waals surface area contributed by atoms with Crippen LogP contribution in [0.15, 0.2) is 12.1 Å². The van der Waals surface area contributed by atoms with Gasteiger partial charge in [-0.15, -0.1) is 5.10 Å². The van der Waals surface area contributed by atoms with E-state index in [9.17, 15) is 4.79 Å². The van der Waals surface area contributed by atoms with Crippen molar-refractivity contribution in [1.82, 2.24) is 15.1 Å². The number of hydrogen-bond acceptors (Lipinski definition) is 5. The van der Waals surface area contributed by atoms with E-state index in [1.807, 2.05) is 32.9 Å². The van der Waals surface area contributed by atoms with E-state index < -0.39 is 5.97 Å². The zero-order valence-corrected chi connectivity index (χ0v) is 15.3. The molecule has 1 saturated heterocycles. The van der Waals surface area contributed by atoms with Crippen LogP contribution in [0.5, 0.6) is 0 Å². The van der Waals surface area contributed by atoms with E-state index in [1.54, 1.807) is 0 Å². The predicted octanol–water partition coefficient (Wildman–Crippen LogP) is 2.58. The molecular weight excluding hydrogens is 304 g/mol. The number of aliphatic carboxylic acids is 1. The smallest absolute Gasteiger partial charge is 0.303 e. The average molecular weight is 334 g/mol. The van der Waals surface area contributed by atoms with E-state index >= 15 is 0 Å². The SMILES string of the molecule is Cc1ccc(N(C)C2CCN(CCC(C)(C)CC(=O)O)CC2)nn1. The summed E-state index contributed by atoms with van der Waals surface area (Å²) in [6.07, 6.45) is 3.36. The topological polar surface area (TPSA) is 69.6 Å². The van der Waals surface area contributed by atoms with Gasteiger partial charge in [0, 0.05) is 26.2 Å². The van der Waals surface area contributed by atoms with E-state index in [0.29, 0.717) is 6.04 Å². The molecule has 0 amide bonds. The highest BCUT2D eigenvalue weighted by molar-refractivity contribution is 5.67. The second-order valence-electron chi connectivity index (χ2n) is 7.70. The maximum atomic E-state index is 10.9. The van der Waals surface area contributed by atoms with Crippen LogP contribution in [0.25, 0.3) is 0 Å². The van der Waals surface area contributed by atoms with Gasteiger partial charge in [0.15, 0.2) is 5.82 Å². The van der Waals surface area contributed by atoms with Crippen molar-refractivity contribution in [2.75, 3.05) is 31.6 Å². The van der Waals surface area contributed by atoms with Crippen molar-refractivity contribution in [3.8, 4) is 0 Å². The number of piperidine rings is 1. The Morgan fingerprint density at radius 1 is 1.33 bits per heavy atom. The fourth-order valence-electron chi connectivity index (χ4n) is 3.26.